The highest BCUT2D eigenvalue weighted by Crippen LogP contribution is 2.12. The van der Waals surface area contributed by atoms with Crippen LogP contribution in [0.5, 0.6) is 0 Å². The summed E-state index contributed by atoms with van der Waals surface area (Å²) in [6.07, 6.45) is 3.74. The molecule has 1 aromatic carbocycles. The van der Waals surface area contributed by atoms with Crippen molar-refractivity contribution in [2.75, 3.05) is 7.05 Å². The van der Waals surface area contributed by atoms with Gasteiger partial charge in [-0.1, -0.05) is 43.7 Å². The topological polar surface area (TPSA) is 12.0 Å². The molecule has 1 rings (SSSR count). The number of rotatable bonds is 6. The number of benzene rings is 1. The maximum Gasteiger partial charge on any atom is 0.00871 e. The van der Waals surface area contributed by atoms with Gasteiger partial charge in [0.15, 0.2) is 0 Å². The minimum atomic E-state index is 0.658. The summed E-state index contributed by atoms with van der Waals surface area (Å²) >= 11 is 0. The molecule has 1 aromatic rings. The molecule has 0 heterocycles. The number of hydrogen-bond acceptors (Lipinski definition) is 1. The lowest BCUT2D eigenvalue weighted by molar-refractivity contribution is 0.393. The van der Waals surface area contributed by atoms with Gasteiger partial charge in [0.2, 0.25) is 0 Å². The van der Waals surface area contributed by atoms with E-state index in [1.54, 1.807) is 0 Å². The molecule has 90 valence electrons. The monoisotopic (exact) mass is 219 g/mol. The predicted octanol–water partition coefficient (Wildman–Crippen LogP) is 3.56. The molecule has 1 nitrogen and oxygen atoms in total. The summed E-state index contributed by atoms with van der Waals surface area (Å²) in [5.41, 5.74) is 2.81. The highest BCUT2D eigenvalue weighted by atomic mass is 14.9. The second-order valence-electron chi connectivity index (χ2n) is 5.02. The smallest absolute Gasteiger partial charge is 0.00871 e. The Kier molecular flexibility index (Phi) is 5.54. The van der Waals surface area contributed by atoms with Gasteiger partial charge in [0.25, 0.3) is 0 Å². The molecular formula is C15H25N. The van der Waals surface area contributed by atoms with Crippen molar-refractivity contribution in [2.24, 2.45) is 5.92 Å². The van der Waals surface area contributed by atoms with Gasteiger partial charge in [0.05, 0.1) is 0 Å². The molecule has 0 saturated carbocycles. The summed E-state index contributed by atoms with van der Waals surface area (Å²) in [6.45, 7) is 6.71. The standard InChI is InChI=1S/C15H25N/c1-12(2)15(16-4)7-5-6-14-10-8-13(3)9-11-14/h8-12,15-16H,5-7H2,1-4H3. The van der Waals surface area contributed by atoms with Crippen LogP contribution < -0.4 is 5.32 Å². The van der Waals surface area contributed by atoms with Gasteiger partial charge in [-0.05, 0) is 44.7 Å². The van der Waals surface area contributed by atoms with Crippen LogP contribution in [0.25, 0.3) is 0 Å². The zero-order valence-corrected chi connectivity index (χ0v) is 11.1. The summed E-state index contributed by atoms with van der Waals surface area (Å²) < 4.78 is 0. The van der Waals surface area contributed by atoms with E-state index < -0.39 is 0 Å². The molecule has 1 atom stereocenters. The molecule has 16 heavy (non-hydrogen) atoms. The van der Waals surface area contributed by atoms with Crippen molar-refractivity contribution in [3.63, 3.8) is 0 Å². The second kappa shape index (κ2) is 6.70. The Morgan fingerprint density at radius 2 is 1.75 bits per heavy atom. The van der Waals surface area contributed by atoms with Crippen molar-refractivity contribution in [1.29, 1.82) is 0 Å². The van der Waals surface area contributed by atoms with E-state index in [1.165, 1.54) is 30.4 Å². The van der Waals surface area contributed by atoms with Crippen molar-refractivity contribution < 1.29 is 0 Å². The van der Waals surface area contributed by atoms with Crippen LogP contribution >= 0.6 is 0 Å². The zero-order valence-electron chi connectivity index (χ0n) is 11.1. The molecule has 0 aromatic heterocycles. The molecule has 0 bridgehead atoms. The summed E-state index contributed by atoms with van der Waals surface area (Å²) in [6, 6.07) is 9.56. The first-order chi connectivity index (χ1) is 7.63. The minimum Gasteiger partial charge on any atom is -0.317 e. The van der Waals surface area contributed by atoms with Crippen LogP contribution in [0.2, 0.25) is 0 Å². The van der Waals surface area contributed by atoms with E-state index in [0.29, 0.717) is 6.04 Å². The number of nitrogens with one attached hydrogen (secondary N) is 1. The minimum absolute atomic E-state index is 0.658. The van der Waals surface area contributed by atoms with Crippen molar-refractivity contribution in [3.8, 4) is 0 Å². The Labute approximate surface area is 100 Å². The lowest BCUT2D eigenvalue weighted by atomic mass is 9.97. The molecule has 0 aliphatic rings. The highest BCUT2D eigenvalue weighted by molar-refractivity contribution is 5.21. The Bertz CT molecular complexity index is 287. The van der Waals surface area contributed by atoms with Gasteiger partial charge >= 0.3 is 0 Å². The number of hydrogen-bond donors (Lipinski definition) is 1. The molecule has 0 radical (unpaired) electrons. The third kappa shape index (κ3) is 4.36. The Morgan fingerprint density at radius 1 is 1.12 bits per heavy atom. The Hall–Kier alpha value is -0.820. The molecule has 0 spiro atoms. The van der Waals surface area contributed by atoms with E-state index in [4.69, 9.17) is 0 Å². The largest absolute Gasteiger partial charge is 0.317 e. The third-order valence-corrected chi connectivity index (χ3v) is 3.28. The normalized spacial score (nSPS) is 13.1. The average Bonchev–Trinajstić information content (AvgIpc) is 2.26. The molecule has 1 unspecified atom stereocenters. The summed E-state index contributed by atoms with van der Waals surface area (Å²) in [5.74, 6) is 0.725. The van der Waals surface area contributed by atoms with Crippen LogP contribution in [0.4, 0.5) is 0 Å². The first kappa shape index (κ1) is 13.2. The van der Waals surface area contributed by atoms with Gasteiger partial charge in [-0.2, -0.15) is 0 Å². The lowest BCUT2D eigenvalue weighted by Crippen LogP contribution is -2.30. The van der Waals surface area contributed by atoms with Gasteiger partial charge in [-0.3, -0.25) is 0 Å². The average molecular weight is 219 g/mol. The van der Waals surface area contributed by atoms with Crippen molar-refractivity contribution in [1.82, 2.24) is 5.32 Å². The van der Waals surface area contributed by atoms with Gasteiger partial charge in [0, 0.05) is 6.04 Å². The predicted molar refractivity (Wildman–Crippen MR) is 71.8 cm³/mol. The maximum absolute atomic E-state index is 3.40. The van der Waals surface area contributed by atoms with E-state index in [1.807, 2.05) is 0 Å². The van der Waals surface area contributed by atoms with Crippen LogP contribution in [0.15, 0.2) is 24.3 Å². The van der Waals surface area contributed by atoms with Crippen LogP contribution in [0.3, 0.4) is 0 Å². The molecule has 0 saturated heterocycles. The highest BCUT2D eigenvalue weighted by Gasteiger charge is 2.09. The van der Waals surface area contributed by atoms with Crippen molar-refractivity contribution in [2.45, 2.75) is 46.1 Å². The fourth-order valence-corrected chi connectivity index (χ4v) is 2.09. The maximum atomic E-state index is 3.40. The number of aryl methyl sites for hydroxylation is 2. The molecule has 0 aliphatic carbocycles. The first-order valence-corrected chi connectivity index (χ1v) is 6.36. The van der Waals surface area contributed by atoms with Gasteiger partial charge in [0.1, 0.15) is 0 Å². The van der Waals surface area contributed by atoms with E-state index in [9.17, 15) is 0 Å². The quantitative estimate of drug-likeness (QED) is 0.771. The van der Waals surface area contributed by atoms with Crippen LogP contribution in [0.1, 0.15) is 37.8 Å². The third-order valence-electron chi connectivity index (χ3n) is 3.28. The molecule has 1 heteroatoms. The van der Waals surface area contributed by atoms with E-state index in [-0.39, 0.29) is 0 Å². The Balaban J connectivity index is 2.32. The summed E-state index contributed by atoms with van der Waals surface area (Å²) in [4.78, 5) is 0. The molecule has 1 N–H and O–H groups in total. The van der Waals surface area contributed by atoms with Crippen molar-refractivity contribution in [3.05, 3.63) is 35.4 Å². The molecular weight excluding hydrogens is 194 g/mol. The fourth-order valence-electron chi connectivity index (χ4n) is 2.09. The molecule has 0 aliphatic heterocycles. The Morgan fingerprint density at radius 3 is 2.25 bits per heavy atom. The van der Waals surface area contributed by atoms with Crippen LogP contribution in [-0.2, 0) is 6.42 Å². The molecule has 0 amide bonds. The zero-order chi connectivity index (χ0) is 12.0. The van der Waals surface area contributed by atoms with E-state index in [0.717, 1.165) is 5.92 Å². The second-order valence-corrected chi connectivity index (χ2v) is 5.02. The van der Waals surface area contributed by atoms with E-state index >= 15 is 0 Å². The van der Waals surface area contributed by atoms with Crippen LogP contribution in [0, 0.1) is 12.8 Å². The summed E-state index contributed by atoms with van der Waals surface area (Å²) in [5, 5.41) is 3.40. The molecule has 0 fully saturated rings. The van der Waals surface area contributed by atoms with E-state index in [2.05, 4.69) is 57.4 Å². The van der Waals surface area contributed by atoms with Gasteiger partial charge in [-0.15, -0.1) is 0 Å². The first-order valence-electron chi connectivity index (χ1n) is 6.36. The van der Waals surface area contributed by atoms with Crippen molar-refractivity contribution >= 4 is 0 Å². The summed E-state index contributed by atoms with van der Waals surface area (Å²) in [7, 11) is 2.07. The lowest BCUT2D eigenvalue weighted by Gasteiger charge is -2.19. The van der Waals surface area contributed by atoms with Crippen LogP contribution in [-0.4, -0.2) is 13.1 Å². The fraction of sp³-hybridized carbons (Fsp3) is 0.600. The van der Waals surface area contributed by atoms with Gasteiger partial charge in [-0.25, -0.2) is 0 Å². The SMILES string of the molecule is CNC(CCCc1ccc(C)cc1)C(C)C. The van der Waals surface area contributed by atoms with Gasteiger partial charge < -0.3 is 5.32 Å².